The van der Waals surface area contributed by atoms with Gasteiger partial charge in [-0.15, -0.1) is 0 Å². The maximum Gasteiger partial charge on any atom is 0.274 e. The summed E-state index contributed by atoms with van der Waals surface area (Å²) >= 11 is 6.25. The van der Waals surface area contributed by atoms with E-state index in [0.29, 0.717) is 23.2 Å². The van der Waals surface area contributed by atoms with E-state index in [2.05, 4.69) is 16.1 Å². The average molecular weight is 331 g/mol. The molecule has 0 unspecified atom stereocenters. The van der Waals surface area contributed by atoms with Gasteiger partial charge in [-0.2, -0.15) is 5.10 Å². The lowest BCUT2D eigenvalue weighted by Crippen LogP contribution is -2.54. The summed E-state index contributed by atoms with van der Waals surface area (Å²) in [6, 6.07) is 4.03. The molecule has 2 aromatic rings. The number of likely N-dealkylation sites (tertiary alicyclic amines) is 1. The highest BCUT2D eigenvalue weighted by Gasteiger charge is 2.58. The molecule has 0 bridgehead atoms. The number of halogens is 1. The minimum Gasteiger partial charge on any atom is -0.327 e. The van der Waals surface area contributed by atoms with E-state index in [1.54, 1.807) is 17.1 Å². The second-order valence-electron chi connectivity index (χ2n) is 6.30. The Labute approximate surface area is 140 Å². The Morgan fingerprint density at radius 3 is 2.96 bits per heavy atom. The van der Waals surface area contributed by atoms with E-state index in [0.717, 1.165) is 24.9 Å². The van der Waals surface area contributed by atoms with Crippen LogP contribution in [0.5, 0.6) is 0 Å². The van der Waals surface area contributed by atoms with Crippen LogP contribution in [0.4, 0.5) is 0 Å². The third kappa shape index (κ3) is 1.96. The van der Waals surface area contributed by atoms with E-state index in [9.17, 15) is 4.79 Å². The smallest absolute Gasteiger partial charge is 0.274 e. The fraction of sp³-hybridized carbons (Fsp3) is 0.471. The van der Waals surface area contributed by atoms with Crippen molar-refractivity contribution in [2.24, 2.45) is 5.92 Å². The van der Waals surface area contributed by atoms with Crippen molar-refractivity contribution in [2.45, 2.75) is 38.3 Å². The topological polar surface area (TPSA) is 51.0 Å². The number of amides is 1. The Bertz CT molecular complexity index is 744. The second kappa shape index (κ2) is 5.34. The standard InChI is InChI=1S/C17H19ClN4O/c1-2-22-15(14(18)11-20-22)16(23)21-9-6-12-5-7-17(12,21)13-4-3-8-19-10-13/h3-4,8,10-12H,2,5-7,9H2,1H3/t12-,17-/m0/s1. The molecule has 1 saturated heterocycles. The SMILES string of the molecule is CCn1ncc(Cl)c1C(=O)N1CC[C@@H]2CC[C@@]21c1cccnc1. The molecule has 0 radical (unpaired) electrons. The average Bonchev–Trinajstić information content (AvgIpc) is 3.05. The van der Waals surface area contributed by atoms with Crippen molar-refractivity contribution < 1.29 is 4.79 Å². The molecule has 6 heteroatoms. The molecule has 2 atom stereocenters. The Morgan fingerprint density at radius 2 is 2.30 bits per heavy atom. The lowest BCUT2D eigenvalue weighted by Gasteiger charge is -2.50. The van der Waals surface area contributed by atoms with Crippen molar-refractivity contribution in [1.82, 2.24) is 19.7 Å². The van der Waals surface area contributed by atoms with Gasteiger partial charge in [-0.05, 0) is 43.7 Å². The van der Waals surface area contributed by atoms with E-state index in [1.165, 1.54) is 6.42 Å². The predicted octanol–water partition coefficient (Wildman–Crippen LogP) is 3.10. The molecule has 0 spiro atoms. The first-order valence-electron chi connectivity index (χ1n) is 8.12. The van der Waals surface area contributed by atoms with Crippen LogP contribution in [0.1, 0.15) is 42.2 Å². The summed E-state index contributed by atoms with van der Waals surface area (Å²) < 4.78 is 1.69. The van der Waals surface area contributed by atoms with Crippen LogP contribution in [0.2, 0.25) is 5.02 Å². The summed E-state index contributed by atoms with van der Waals surface area (Å²) in [5, 5.41) is 4.64. The van der Waals surface area contributed by atoms with Crippen molar-refractivity contribution in [3.63, 3.8) is 0 Å². The molecule has 1 amide bonds. The molecule has 2 fully saturated rings. The fourth-order valence-electron chi connectivity index (χ4n) is 4.22. The van der Waals surface area contributed by atoms with Gasteiger partial charge in [0.1, 0.15) is 5.69 Å². The summed E-state index contributed by atoms with van der Waals surface area (Å²) in [5.74, 6) is 0.507. The number of carbonyl (C=O) groups is 1. The van der Waals surface area contributed by atoms with Crippen LogP contribution in [0.3, 0.4) is 0 Å². The van der Waals surface area contributed by atoms with Crippen LogP contribution in [0.15, 0.2) is 30.7 Å². The van der Waals surface area contributed by atoms with Gasteiger partial charge in [0.15, 0.2) is 0 Å². The van der Waals surface area contributed by atoms with Crippen LogP contribution in [-0.2, 0) is 12.1 Å². The third-order valence-corrected chi connectivity index (χ3v) is 5.71. The molecule has 4 rings (SSSR count). The first-order chi connectivity index (χ1) is 11.2. The zero-order valence-electron chi connectivity index (χ0n) is 13.1. The van der Waals surface area contributed by atoms with Crippen LogP contribution in [0, 0.1) is 5.92 Å². The molecular formula is C17H19ClN4O. The maximum absolute atomic E-state index is 13.2. The van der Waals surface area contributed by atoms with Crippen molar-refractivity contribution in [1.29, 1.82) is 0 Å². The van der Waals surface area contributed by atoms with Gasteiger partial charge in [0.25, 0.3) is 5.91 Å². The predicted molar refractivity (Wildman–Crippen MR) is 87.2 cm³/mol. The summed E-state index contributed by atoms with van der Waals surface area (Å²) in [6.45, 7) is 3.36. The van der Waals surface area contributed by atoms with E-state index in [-0.39, 0.29) is 11.4 Å². The molecule has 120 valence electrons. The first kappa shape index (κ1) is 14.7. The summed E-state index contributed by atoms with van der Waals surface area (Å²) in [5.41, 5.74) is 1.43. The fourth-order valence-corrected chi connectivity index (χ4v) is 4.45. The van der Waals surface area contributed by atoms with Gasteiger partial charge < -0.3 is 4.90 Å². The molecule has 23 heavy (non-hydrogen) atoms. The minimum absolute atomic E-state index is 0.0135. The minimum atomic E-state index is -0.211. The van der Waals surface area contributed by atoms with Crippen LogP contribution >= 0.6 is 11.6 Å². The third-order valence-electron chi connectivity index (χ3n) is 5.44. The lowest BCUT2D eigenvalue weighted by atomic mass is 9.64. The number of hydrogen-bond donors (Lipinski definition) is 0. The molecule has 0 N–H and O–H groups in total. The van der Waals surface area contributed by atoms with Gasteiger partial charge >= 0.3 is 0 Å². The number of aryl methyl sites for hydroxylation is 1. The van der Waals surface area contributed by atoms with Crippen molar-refractivity contribution in [2.75, 3.05) is 6.54 Å². The molecule has 1 aliphatic carbocycles. The quantitative estimate of drug-likeness (QED) is 0.869. The van der Waals surface area contributed by atoms with Crippen molar-refractivity contribution in [3.05, 3.63) is 47.0 Å². The molecule has 1 saturated carbocycles. The van der Waals surface area contributed by atoms with E-state index >= 15 is 0 Å². The highest BCUT2D eigenvalue weighted by atomic mass is 35.5. The maximum atomic E-state index is 13.2. The second-order valence-corrected chi connectivity index (χ2v) is 6.71. The molecule has 1 aliphatic heterocycles. The van der Waals surface area contributed by atoms with E-state index in [4.69, 9.17) is 11.6 Å². The largest absolute Gasteiger partial charge is 0.327 e. The van der Waals surface area contributed by atoms with Gasteiger partial charge in [0.2, 0.25) is 0 Å². The van der Waals surface area contributed by atoms with E-state index < -0.39 is 0 Å². The van der Waals surface area contributed by atoms with E-state index in [1.807, 2.05) is 24.1 Å². The molecule has 5 nitrogen and oxygen atoms in total. The zero-order chi connectivity index (χ0) is 16.0. The zero-order valence-corrected chi connectivity index (χ0v) is 13.8. The molecule has 3 heterocycles. The Morgan fingerprint density at radius 1 is 1.43 bits per heavy atom. The molecular weight excluding hydrogens is 312 g/mol. The molecule has 2 aliphatic rings. The van der Waals surface area contributed by atoms with Gasteiger partial charge in [-0.1, -0.05) is 17.7 Å². The Hall–Kier alpha value is -1.88. The number of aromatic nitrogens is 3. The number of carbonyl (C=O) groups excluding carboxylic acids is 1. The van der Waals surface area contributed by atoms with Gasteiger partial charge in [-0.3, -0.25) is 14.5 Å². The molecule has 0 aromatic carbocycles. The highest BCUT2D eigenvalue weighted by molar-refractivity contribution is 6.33. The molecule has 2 aromatic heterocycles. The van der Waals surface area contributed by atoms with Gasteiger partial charge in [0.05, 0.1) is 16.8 Å². The Kier molecular flexibility index (Phi) is 3.41. The first-order valence-corrected chi connectivity index (χ1v) is 8.50. The van der Waals surface area contributed by atoms with Gasteiger partial charge in [-0.25, -0.2) is 0 Å². The number of nitrogens with zero attached hydrogens (tertiary/aromatic N) is 4. The van der Waals surface area contributed by atoms with Crippen LogP contribution in [-0.4, -0.2) is 32.1 Å². The normalized spacial score (nSPS) is 26.0. The number of pyridine rings is 1. The van der Waals surface area contributed by atoms with Gasteiger partial charge in [0, 0.05) is 25.5 Å². The summed E-state index contributed by atoms with van der Waals surface area (Å²) in [4.78, 5) is 19.5. The van der Waals surface area contributed by atoms with Crippen LogP contribution in [0.25, 0.3) is 0 Å². The summed E-state index contributed by atoms with van der Waals surface area (Å²) in [7, 11) is 0. The Balaban J connectivity index is 1.76. The van der Waals surface area contributed by atoms with Crippen LogP contribution < -0.4 is 0 Å². The monoisotopic (exact) mass is 330 g/mol. The number of rotatable bonds is 3. The number of fused-ring (bicyclic) bond motifs is 1. The van der Waals surface area contributed by atoms with Crippen molar-refractivity contribution in [3.8, 4) is 0 Å². The van der Waals surface area contributed by atoms with Crippen molar-refractivity contribution >= 4 is 17.5 Å². The number of hydrogen-bond acceptors (Lipinski definition) is 3. The highest BCUT2D eigenvalue weighted by Crippen LogP contribution is 2.57. The lowest BCUT2D eigenvalue weighted by molar-refractivity contribution is 0.0134. The summed E-state index contributed by atoms with van der Waals surface area (Å²) in [6.07, 6.45) is 8.43.